The summed E-state index contributed by atoms with van der Waals surface area (Å²) >= 11 is 3.41. The zero-order chi connectivity index (χ0) is 14.1. The lowest BCUT2D eigenvalue weighted by molar-refractivity contribution is 0.132. The number of nitrogens with one attached hydrogen (secondary N) is 1. The van der Waals surface area contributed by atoms with Crippen molar-refractivity contribution in [2.45, 2.75) is 40.0 Å². The second-order valence-electron chi connectivity index (χ2n) is 4.96. The predicted molar refractivity (Wildman–Crippen MR) is 82.5 cm³/mol. The molecule has 5 heteroatoms. The summed E-state index contributed by atoms with van der Waals surface area (Å²) in [6.07, 6.45) is 3.06. The summed E-state index contributed by atoms with van der Waals surface area (Å²) in [6, 6.07) is 1.90. The topological polar surface area (TPSA) is 47.0 Å². The van der Waals surface area contributed by atoms with Crippen molar-refractivity contribution >= 4 is 21.7 Å². The van der Waals surface area contributed by atoms with Crippen LogP contribution in [0.5, 0.6) is 0 Å². The number of ether oxygens (including phenoxy) is 1. The smallest absolute Gasteiger partial charge is 0.132 e. The number of nitrogens with zero attached hydrogens (tertiary/aromatic N) is 2. The van der Waals surface area contributed by atoms with Gasteiger partial charge in [0.25, 0.3) is 0 Å². The summed E-state index contributed by atoms with van der Waals surface area (Å²) in [7, 11) is 0. The van der Waals surface area contributed by atoms with Gasteiger partial charge in [-0.05, 0) is 34.7 Å². The molecule has 1 aromatic heterocycles. The number of halogens is 1. The van der Waals surface area contributed by atoms with Gasteiger partial charge in [-0.1, -0.05) is 20.8 Å². The molecule has 0 aliphatic carbocycles. The van der Waals surface area contributed by atoms with Crippen molar-refractivity contribution in [1.29, 1.82) is 0 Å². The Kier molecular flexibility index (Phi) is 7.98. The van der Waals surface area contributed by atoms with Gasteiger partial charge < -0.3 is 10.1 Å². The molecule has 0 bridgehead atoms. The van der Waals surface area contributed by atoms with E-state index in [0.717, 1.165) is 48.7 Å². The number of hydrogen-bond acceptors (Lipinski definition) is 4. The molecule has 0 saturated heterocycles. The average Bonchev–Trinajstić information content (AvgIpc) is 2.33. The molecule has 0 aliphatic heterocycles. The van der Waals surface area contributed by atoms with Gasteiger partial charge in [-0.3, -0.25) is 0 Å². The Balaban J connectivity index is 2.28. The number of hydrogen-bond donors (Lipinski definition) is 1. The first-order chi connectivity index (χ1) is 9.11. The van der Waals surface area contributed by atoms with Crippen LogP contribution in [0.25, 0.3) is 0 Å². The van der Waals surface area contributed by atoms with Crippen molar-refractivity contribution in [1.82, 2.24) is 9.97 Å². The van der Waals surface area contributed by atoms with E-state index in [1.165, 1.54) is 0 Å². The zero-order valence-corrected chi connectivity index (χ0v) is 13.7. The van der Waals surface area contributed by atoms with Gasteiger partial charge >= 0.3 is 0 Å². The summed E-state index contributed by atoms with van der Waals surface area (Å²) in [6.45, 7) is 8.84. The molecule has 19 heavy (non-hydrogen) atoms. The molecule has 1 N–H and O–H groups in total. The fourth-order valence-corrected chi connectivity index (χ4v) is 1.98. The summed E-state index contributed by atoms with van der Waals surface area (Å²) in [5.74, 6) is 2.43. The largest absolute Gasteiger partial charge is 0.380 e. The van der Waals surface area contributed by atoms with Crippen LogP contribution in [0, 0.1) is 5.92 Å². The third-order valence-corrected chi connectivity index (χ3v) is 3.01. The van der Waals surface area contributed by atoms with E-state index < -0.39 is 0 Å². The molecule has 0 fully saturated rings. The highest BCUT2D eigenvalue weighted by Crippen LogP contribution is 2.13. The maximum absolute atomic E-state index is 5.56. The van der Waals surface area contributed by atoms with E-state index in [1.807, 2.05) is 6.07 Å². The maximum Gasteiger partial charge on any atom is 0.132 e. The number of rotatable bonds is 9. The van der Waals surface area contributed by atoms with Crippen LogP contribution >= 0.6 is 15.9 Å². The molecular weight excluding hydrogens is 306 g/mol. The first-order valence-corrected chi connectivity index (χ1v) is 7.76. The van der Waals surface area contributed by atoms with E-state index in [2.05, 4.69) is 52.0 Å². The van der Waals surface area contributed by atoms with E-state index in [9.17, 15) is 0 Å². The van der Waals surface area contributed by atoms with Crippen LogP contribution in [0.4, 0.5) is 5.82 Å². The average molecular weight is 330 g/mol. The molecule has 1 rings (SSSR count). The quantitative estimate of drug-likeness (QED) is 0.554. The molecule has 0 atom stereocenters. The van der Waals surface area contributed by atoms with Gasteiger partial charge in [-0.25, -0.2) is 9.97 Å². The Labute approximate surface area is 124 Å². The fourth-order valence-electron chi connectivity index (χ4n) is 1.56. The Morgan fingerprint density at radius 1 is 1.32 bits per heavy atom. The van der Waals surface area contributed by atoms with E-state index in [1.54, 1.807) is 0 Å². The third-order valence-electron chi connectivity index (χ3n) is 2.61. The number of anilines is 1. The Hall–Kier alpha value is -0.680. The highest BCUT2D eigenvalue weighted by molar-refractivity contribution is 9.10. The summed E-state index contributed by atoms with van der Waals surface area (Å²) in [5.41, 5.74) is 0. The van der Waals surface area contributed by atoms with Crippen molar-refractivity contribution < 1.29 is 4.74 Å². The molecule has 0 spiro atoms. The number of aromatic nitrogens is 2. The predicted octanol–water partition coefficient (Wildman–Crippen LogP) is 3.67. The lowest BCUT2D eigenvalue weighted by Gasteiger charge is -2.09. The van der Waals surface area contributed by atoms with E-state index in [4.69, 9.17) is 4.74 Å². The van der Waals surface area contributed by atoms with Crippen molar-refractivity contribution in [3.63, 3.8) is 0 Å². The maximum atomic E-state index is 5.56. The van der Waals surface area contributed by atoms with Gasteiger partial charge in [0.2, 0.25) is 0 Å². The third kappa shape index (κ3) is 7.47. The molecule has 0 radical (unpaired) electrons. The lowest BCUT2D eigenvalue weighted by atomic mass is 10.1. The molecule has 4 nitrogen and oxygen atoms in total. The minimum atomic E-state index is 0.697. The first-order valence-electron chi connectivity index (χ1n) is 6.97. The molecule has 1 aromatic rings. The molecule has 0 unspecified atom stereocenters. The minimum Gasteiger partial charge on any atom is -0.380 e. The second-order valence-corrected chi connectivity index (χ2v) is 5.78. The summed E-state index contributed by atoms with van der Waals surface area (Å²) < 4.78 is 6.38. The van der Waals surface area contributed by atoms with Crippen molar-refractivity contribution in [3.8, 4) is 0 Å². The van der Waals surface area contributed by atoms with Gasteiger partial charge in [0, 0.05) is 25.6 Å². The van der Waals surface area contributed by atoms with Gasteiger partial charge in [0.15, 0.2) is 0 Å². The summed E-state index contributed by atoms with van der Waals surface area (Å²) in [5, 5.41) is 3.27. The van der Waals surface area contributed by atoms with Gasteiger partial charge in [-0.15, -0.1) is 0 Å². The lowest BCUT2D eigenvalue weighted by Crippen LogP contribution is -2.12. The zero-order valence-electron chi connectivity index (χ0n) is 12.1. The monoisotopic (exact) mass is 329 g/mol. The molecule has 108 valence electrons. The molecule has 1 heterocycles. The van der Waals surface area contributed by atoms with Crippen LogP contribution in [0.15, 0.2) is 10.7 Å². The highest BCUT2D eigenvalue weighted by Gasteiger charge is 2.02. The molecule has 0 saturated carbocycles. The molecule has 0 aromatic carbocycles. The van der Waals surface area contributed by atoms with Crippen molar-refractivity contribution in [2.24, 2.45) is 5.92 Å². The van der Waals surface area contributed by atoms with Crippen LogP contribution in [0.2, 0.25) is 0 Å². The standard InChI is InChI=1S/C14H24BrN3O/c1-4-5-13-17-12(15)10-14(18-13)16-7-9-19-8-6-11(2)3/h10-11H,4-9H2,1-3H3,(H,16,17,18). The number of aryl methyl sites for hydroxylation is 1. The van der Waals surface area contributed by atoms with Gasteiger partial charge in [-0.2, -0.15) is 0 Å². The van der Waals surface area contributed by atoms with Crippen molar-refractivity contribution in [3.05, 3.63) is 16.5 Å². The molecular formula is C14H24BrN3O. The Morgan fingerprint density at radius 3 is 2.79 bits per heavy atom. The first kappa shape index (κ1) is 16.4. The molecule has 0 amide bonds. The van der Waals surface area contributed by atoms with Gasteiger partial charge in [0.1, 0.15) is 16.2 Å². The van der Waals surface area contributed by atoms with Gasteiger partial charge in [0.05, 0.1) is 6.61 Å². The van der Waals surface area contributed by atoms with Crippen LogP contribution in [0.1, 0.15) is 39.4 Å². The van der Waals surface area contributed by atoms with Crippen LogP contribution in [0.3, 0.4) is 0 Å². The normalized spacial score (nSPS) is 11.0. The fraction of sp³-hybridized carbons (Fsp3) is 0.714. The second kappa shape index (κ2) is 9.26. The minimum absolute atomic E-state index is 0.697. The highest BCUT2D eigenvalue weighted by atomic mass is 79.9. The Bertz CT molecular complexity index is 372. The van der Waals surface area contributed by atoms with Crippen LogP contribution in [-0.2, 0) is 11.2 Å². The van der Waals surface area contributed by atoms with Crippen LogP contribution < -0.4 is 5.32 Å². The van der Waals surface area contributed by atoms with E-state index in [-0.39, 0.29) is 0 Å². The molecule has 0 aliphatic rings. The summed E-state index contributed by atoms with van der Waals surface area (Å²) in [4.78, 5) is 8.80. The SMILES string of the molecule is CCCc1nc(Br)cc(NCCOCCC(C)C)n1. The van der Waals surface area contributed by atoms with Crippen molar-refractivity contribution in [2.75, 3.05) is 25.1 Å². The van der Waals surface area contributed by atoms with E-state index in [0.29, 0.717) is 12.5 Å². The van der Waals surface area contributed by atoms with E-state index >= 15 is 0 Å². The Morgan fingerprint density at radius 2 is 2.11 bits per heavy atom. The van der Waals surface area contributed by atoms with Crippen LogP contribution in [-0.4, -0.2) is 29.7 Å².